The van der Waals surface area contributed by atoms with Gasteiger partial charge >= 0.3 is 12.1 Å². The average Bonchev–Trinajstić information content (AvgIpc) is 2.42. The van der Waals surface area contributed by atoms with Crippen molar-refractivity contribution in [3.05, 3.63) is 34.9 Å². The number of halogens is 3. The molecule has 20 heavy (non-hydrogen) atoms. The molecule has 0 radical (unpaired) electrons. The summed E-state index contributed by atoms with van der Waals surface area (Å²) < 4.78 is 37.4. The zero-order chi connectivity index (χ0) is 14.8. The molecule has 0 N–H and O–H groups in total. The van der Waals surface area contributed by atoms with E-state index in [1.54, 1.807) is 0 Å². The molecular weight excluding hydrogens is 267 g/mol. The van der Waals surface area contributed by atoms with Crippen LogP contribution in [0.3, 0.4) is 0 Å². The van der Waals surface area contributed by atoms with Crippen LogP contribution in [0.4, 0.5) is 13.2 Å². The molecule has 0 spiro atoms. The van der Waals surface area contributed by atoms with Crippen molar-refractivity contribution in [1.82, 2.24) is 4.90 Å². The van der Waals surface area contributed by atoms with Gasteiger partial charge < -0.3 is 4.90 Å². The molecule has 1 aromatic rings. The van der Waals surface area contributed by atoms with Crippen molar-refractivity contribution in [3.63, 3.8) is 0 Å². The molecule has 0 aliphatic carbocycles. The minimum atomic E-state index is -4.78. The van der Waals surface area contributed by atoms with Crippen LogP contribution >= 0.6 is 0 Å². The van der Waals surface area contributed by atoms with E-state index in [4.69, 9.17) is 0 Å². The molecule has 0 unspecified atom stereocenters. The molecule has 110 valence electrons. The normalized spacial score (nSPS) is 15.1. The van der Waals surface area contributed by atoms with Gasteiger partial charge in [-0.3, -0.25) is 4.79 Å². The van der Waals surface area contributed by atoms with Gasteiger partial charge in [0.05, 0.1) is 0 Å². The standard InChI is InChI=1S/C15H18F3NO/c1-2-3-5-11-6-4-7-12-10-19(9-8-13(11)12)14(20)15(16,17)18/h4,6-7H,2-3,5,8-10H2,1H3. The SMILES string of the molecule is CCCCc1cccc2c1CCN(C(=O)C(F)(F)F)C2. The Balaban J connectivity index is 2.17. The molecular formula is C15H18F3NO. The number of hydrogen-bond donors (Lipinski definition) is 0. The van der Waals surface area contributed by atoms with E-state index >= 15 is 0 Å². The maximum atomic E-state index is 12.5. The van der Waals surface area contributed by atoms with E-state index in [9.17, 15) is 18.0 Å². The topological polar surface area (TPSA) is 20.3 Å². The third kappa shape index (κ3) is 3.14. The van der Waals surface area contributed by atoms with Crippen LogP contribution in [0.2, 0.25) is 0 Å². The van der Waals surface area contributed by atoms with Gasteiger partial charge in [-0.25, -0.2) is 0 Å². The van der Waals surface area contributed by atoms with Gasteiger partial charge in [-0.1, -0.05) is 31.5 Å². The quantitative estimate of drug-likeness (QED) is 0.832. The average molecular weight is 285 g/mol. The van der Waals surface area contributed by atoms with Crippen LogP contribution in [-0.4, -0.2) is 23.5 Å². The fraction of sp³-hybridized carbons (Fsp3) is 0.533. The fourth-order valence-corrected chi connectivity index (χ4v) is 2.64. The Kier molecular flexibility index (Phi) is 4.35. The molecule has 0 atom stereocenters. The summed E-state index contributed by atoms with van der Waals surface area (Å²) in [4.78, 5) is 12.2. The van der Waals surface area contributed by atoms with Gasteiger partial charge in [-0.2, -0.15) is 13.2 Å². The van der Waals surface area contributed by atoms with Gasteiger partial charge in [0, 0.05) is 13.1 Å². The van der Waals surface area contributed by atoms with Crippen LogP contribution < -0.4 is 0 Å². The smallest absolute Gasteiger partial charge is 0.330 e. The lowest BCUT2D eigenvalue weighted by molar-refractivity contribution is -0.186. The zero-order valence-electron chi connectivity index (χ0n) is 11.5. The van der Waals surface area contributed by atoms with E-state index in [0.29, 0.717) is 6.42 Å². The number of carbonyl (C=O) groups excluding carboxylic acids is 1. The molecule has 1 aromatic carbocycles. The number of hydrogen-bond acceptors (Lipinski definition) is 1. The molecule has 0 bridgehead atoms. The molecule has 0 saturated carbocycles. The van der Waals surface area contributed by atoms with Gasteiger partial charge in [-0.15, -0.1) is 0 Å². The van der Waals surface area contributed by atoms with Crippen LogP contribution in [0.1, 0.15) is 36.5 Å². The van der Waals surface area contributed by atoms with Crippen LogP contribution in [-0.2, 0) is 24.2 Å². The van der Waals surface area contributed by atoms with Crippen LogP contribution in [0, 0.1) is 0 Å². The Bertz CT molecular complexity index is 496. The maximum absolute atomic E-state index is 12.5. The highest BCUT2D eigenvalue weighted by molar-refractivity contribution is 5.82. The summed E-state index contributed by atoms with van der Waals surface area (Å²) in [6.45, 7) is 2.32. The number of alkyl halides is 3. The Morgan fingerprint density at radius 3 is 2.75 bits per heavy atom. The van der Waals surface area contributed by atoms with Crippen molar-refractivity contribution in [3.8, 4) is 0 Å². The molecule has 1 heterocycles. The number of rotatable bonds is 3. The third-order valence-corrected chi connectivity index (χ3v) is 3.69. The van der Waals surface area contributed by atoms with Crippen LogP contribution in [0.5, 0.6) is 0 Å². The summed E-state index contributed by atoms with van der Waals surface area (Å²) in [5.74, 6) is -1.73. The zero-order valence-corrected chi connectivity index (χ0v) is 11.5. The molecule has 1 aliphatic heterocycles. The highest BCUT2D eigenvalue weighted by Crippen LogP contribution is 2.27. The van der Waals surface area contributed by atoms with Crippen molar-refractivity contribution in [2.45, 2.75) is 45.3 Å². The molecule has 1 amide bonds. The fourth-order valence-electron chi connectivity index (χ4n) is 2.64. The highest BCUT2D eigenvalue weighted by atomic mass is 19.4. The minimum Gasteiger partial charge on any atom is -0.330 e. The lowest BCUT2D eigenvalue weighted by Gasteiger charge is -2.30. The number of aryl methyl sites for hydroxylation is 1. The molecule has 1 aliphatic rings. The highest BCUT2D eigenvalue weighted by Gasteiger charge is 2.43. The Morgan fingerprint density at radius 2 is 2.10 bits per heavy atom. The van der Waals surface area contributed by atoms with Crippen LogP contribution in [0.25, 0.3) is 0 Å². The second kappa shape index (κ2) is 5.85. The first-order valence-corrected chi connectivity index (χ1v) is 6.89. The first-order chi connectivity index (χ1) is 9.43. The van der Waals surface area contributed by atoms with E-state index in [-0.39, 0.29) is 13.1 Å². The predicted octanol–water partition coefficient (Wildman–Crippen LogP) is 3.48. The second-order valence-corrected chi connectivity index (χ2v) is 5.13. The van der Waals surface area contributed by atoms with E-state index in [1.807, 2.05) is 18.2 Å². The molecule has 2 nitrogen and oxygen atoms in total. The first kappa shape index (κ1) is 14.9. The number of unbranched alkanes of at least 4 members (excludes halogenated alkanes) is 1. The summed E-state index contributed by atoms with van der Waals surface area (Å²) in [7, 11) is 0. The van der Waals surface area contributed by atoms with Crippen molar-refractivity contribution < 1.29 is 18.0 Å². The van der Waals surface area contributed by atoms with Gasteiger partial charge in [0.25, 0.3) is 0 Å². The number of amides is 1. The van der Waals surface area contributed by atoms with Gasteiger partial charge in [0.15, 0.2) is 0 Å². The number of carbonyl (C=O) groups is 1. The van der Waals surface area contributed by atoms with Gasteiger partial charge in [-0.05, 0) is 36.0 Å². The maximum Gasteiger partial charge on any atom is 0.471 e. The lowest BCUT2D eigenvalue weighted by atomic mass is 9.92. The van der Waals surface area contributed by atoms with Gasteiger partial charge in [0.2, 0.25) is 0 Å². The number of nitrogens with zero attached hydrogens (tertiary/aromatic N) is 1. The monoisotopic (exact) mass is 285 g/mol. The third-order valence-electron chi connectivity index (χ3n) is 3.69. The van der Waals surface area contributed by atoms with Crippen molar-refractivity contribution in [2.24, 2.45) is 0 Å². The van der Waals surface area contributed by atoms with E-state index < -0.39 is 12.1 Å². The Hall–Kier alpha value is -1.52. The van der Waals surface area contributed by atoms with E-state index in [0.717, 1.165) is 35.3 Å². The van der Waals surface area contributed by atoms with Crippen molar-refractivity contribution in [2.75, 3.05) is 6.54 Å². The summed E-state index contributed by atoms with van der Waals surface area (Å²) in [6.07, 6.45) is -1.16. The summed E-state index contributed by atoms with van der Waals surface area (Å²) >= 11 is 0. The molecule has 0 saturated heterocycles. The molecule has 0 aromatic heterocycles. The Morgan fingerprint density at radius 1 is 1.35 bits per heavy atom. The summed E-state index contributed by atoms with van der Waals surface area (Å²) in [5, 5.41) is 0. The molecule has 2 rings (SSSR count). The minimum absolute atomic E-state index is 0.0631. The van der Waals surface area contributed by atoms with Crippen LogP contribution in [0.15, 0.2) is 18.2 Å². The molecule has 5 heteroatoms. The molecule has 0 fully saturated rings. The number of benzene rings is 1. The predicted molar refractivity (Wildman–Crippen MR) is 70.2 cm³/mol. The lowest BCUT2D eigenvalue weighted by Crippen LogP contribution is -2.43. The summed E-state index contributed by atoms with van der Waals surface area (Å²) in [5.41, 5.74) is 3.19. The summed E-state index contributed by atoms with van der Waals surface area (Å²) in [6, 6.07) is 5.72. The second-order valence-electron chi connectivity index (χ2n) is 5.13. The van der Waals surface area contributed by atoms with Gasteiger partial charge in [0.1, 0.15) is 0 Å². The first-order valence-electron chi connectivity index (χ1n) is 6.89. The van der Waals surface area contributed by atoms with E-state index in [2.05, 4.69) is 6.92 Å². The van der Waals surface area contributed by atoms with E-state index in [1.165, 1.54) is 5.56 Å². The number of fused-ring (bicyclic) bond motifs is 1. The van der Waals surface area contributed by atoms with Crippen molar-refractivity contribution in [1.29, 1.82) is 0 Å². The van der Waals surface area contributed by atoms with Crippen molar-refractivity contribution >= 4 is 5.91 Å². The largest absolute Gasteiger partial charge is 0.471 e. The Labute approximate surface area is 116 Å².